The van der Waals surface area contributed by atoms with Crippen molar-refractivity contribution < 1.29 is 14.3 Å². The fraction of sp³-hybridized carbons (Fsp3) is 0.200. The van der Waals surface area contributed by atoms with Crippen LogP contribution in [0.2, 0.25) is 5.02 Å². The van der Waals surface area contributed by atoms with Crippen molar-refractivity contribution in [3.63, 3.8) is 0 Å². The number of aldehydes is 1. The highest BCUT2D eigenvalue weighted by atomic mass is 79.9. The lowest BCUT2D eigenvalue weighted by Crippen LogP contribution is -2.06. The second kappa shape index (κ2) is 5.28. The molecule has 0 N–H and O–H groups in total. The molecule has 0 aliphatic carbocycles. The van der Waals surface area contributed by atoms with Gasteiger partial charge in [0, 0.05) is 10.0 Å². The molecule has 15 heavy (non-hydrogen) atoms. The molecule has 0 spiro atoms. The van der Waals surface area contributed by atoms with E-state index in [-0.39, 0.29) is 12.2 Å². The minimum Gasteiger partial charge on any atom is -0.462 e. The second-order valence-corrected chi connectivity index (χ2v) is 3.95. The number of carbonyl (C=O) groups is 2. The number of rotatable bonds is 3. The van der Waals surface area contributed by atoms with Crippen LogP contribution in [0, 0.1) is 0 Å². The Labute approximate surface area is 100 Å². The largest absolute Gasteiger partial charge is 0.462 e. The van der Waals surface area contributed by atoms with Crippen molar-refractivity contribution in [2.24, 2.45) is 0 Å². The van der Waals surface area contributed by atoms with Gasteiger partial charge in [-0.1, -0.05) is 11.6 Å². The van der Waals surface area contributed by atoms with E-state index in [2.05, 4.69) is 15.9 Å². The molecule has 1 aromatic carbocycles. The molecule has 0 amide bonds. The summed E-state index contributed by atoms with van der Waals surface area (Å²) < 4.78 is 5.33. The molecule has 0 aromatic heterocycles. The van der Waals surface area contributed by atoms with E-state index >= 15 is 0 Å². The van der Waals surface area contributed by atoms with Crippen molar-refractivity contribution in [2.45, 2.75) is 6.92 Å². The third-order valence-electron chi connectivity index (χ3n) is 1.71. The minimum absolute atomic E-state index is 0.267. The molecule has 0 saturated heterocycles. The Kier molecular flexibility index (Phi) is 4.29. The van der Waals surface area contributed by atoms with Crippen molar-refractivity contribution >= 4 is 39.8 Å². The van der Waals surface area contributed by atoms with Crippen LogP contribution in [0.3, 0.4) is 0 Å². The average Bonchev–Trinajstić information content (AvgIpc) is 2.18. The van der Waals surface area contributed by atoms with Crippen LogP contribution < -0.4 is 0 Å². The number of benzene rings is 1. The number of carbonyl (C=O) groups excluding carboxylic acids is 2. The van der Waals surface area contributed by atoms with Gasteiger partial charge in [0.2, 0.25) is 0 Å². The summed E-state index contributed by atoms with van der Waals surface area (Å²) in [5, 5.41) is 0.296. The lowest BCUT2D eigenvalue weighted by Gasteiger charge is -2.06. The Bertz CT molecular complexity index is 404. The van der Waals surface area contributed by atoms with Gasteiger partial charge in [-0.25, -0.2) is 4.79 Å². The van der Waals surface area contributed by atoms with Crippen LogP contribution in [0.15, 0.2) is 16.6 Å². The molecular weight excluding hydrogens is 283 g/mol. The molecule has 0 fully saturated rings. The van der Waals surface area contributed by atoms with Gasteiger partial charge in [-0.05, 0) is 35.0 Å². The third-order valence-corrected chi connectivity index (χ3v) is 2.69. The van der Waals surface area contributed by atoms with Crippen LogP contribution in [0.1, 0.15) is 27.6 Å². The maximum Gasteiger partial charge on any atom is 0.339 e. The predicted molar refractivity (Wildman–Crippen MR) is 60.5 cm³/mol. The first kappa shape index (κ1) is 12.2. The molecule has 0 radical (unpaired) electrons. The zero-order chi connectivity index (χ0) is 11.4. The first-order valence-corrected chi connectivity index (χ1v) is 5.38. The topological polar surface area (TPSA) is 43.4 Å². The van der Waals surface area contributed by atoms with E-state index in [0.29, 0.717) is 21.3 Å². The van der Waals surface area contributed by atoms with Crippen LogP contribution in [-0.4, -0.2) is 18.9 Å². The Morgan fingerprint density at radius 3 is 2.80 bits per heavy atom. The van der Waals surface area contributed by atoms with Crippen molar-refractivity contribution in [1.82, 2.24) is 0 Å². The molecule has 1 aromatic rings. The lowest BCUT2D eigenvalue weighted by atomic mass is 10.1. The van der Waals surface area contributed by atoms with E-state index in [1.54, 1.807) is 6.92 Å². The molecule has 0 heterocycles. The molecule has 0 aliphatic rings. The number of hydrogen-bond donors (Lipinski definition) is 0. The summed E-state index contributed by atoms with van der Waals surface area (Å²) in [4.78, 5) is 22.1. The van der Waals surface area contributed by atoms with Crippen LogP contribution in [0.5, 0.6) is 0 Å². The summed E-state index contributed by atoms with van der Waals surface area (Å²) in [5.41, 5.74) is 0.561. The van der Waals surface area contributed by atoms with E-state index in [1.165, 1.54) is 12.1 Å². The van der Waals surface area contributed by atoms with E-state index < -0.39 is 5.97 Å². The van der Waals surface area contributed by atoms with Crippen molar-refractivity contribution in [3.8, 4) is 0 Å². The molecule has 0 unspecified atom stereocenters. The van der Waals surface area contributed by atoms with E-state index in [9.17, 15) is 9.59 Å². The maximum atomic E-state index is 11.4. The molecule has 0 atom stereocenters. The zero-order valence-corrected chi connectivity index (χ0v) is 10.3. The summed E-state index contributed by atoms with van der Waals surface area (Å²) in [6, 6.07) is 2.90. The lowest BCUT2D eigenvalue weighted by molar-refractivity contribution is 0.0525. The van der Waals surface area contributed by atoms with Gasteiger partial charge in [0.1, 0.15) is 0 Å². The predicted octanol–water partition coefficient (Wildman–Crippen LogP) is 3.09. The molecule has 5 heteroatoms. The standard InChI is InChI=1S/C10H8BrClO3/c1-2-15-10(14)7-3-6(5-13)9(12)4-8(7)11/h3-5H,2H2,1H3. The normalized spacial score (nSPS) is 9.80. The van der Waals surface area contributed by atoms with Gasteiger partial charge in [0.05, 0.1) is 17.2 Å². The van der Waals surface area contributed by atoms with Gasteiger partial charge in [-0.15, -0.1) is 0 Å². The van der Waals surface area contributed by atoms with Gasteiger partial charge < -0.3 is 4.74 Å². The quantitative estimate of drug-likeness (QED) is 0.635. The SMILES string of the molecule is CCOC(=O)c1cc(C=O)c(Cl)cc1Br. The molecule has 0 bridgehead atoms. The smallest absolute Gasteiger partial charge is 0.339 e. The summed E-state index contributed by atoms with van der Waals surface area (Å²) in [5.74, 6) is -0.482. The fourth-order valence-corrected chi connectivity index (χ4v) is 1.87. The monoisotopic (exact) mass is 290 g/mol. The number of esters is 1. The zero-order valence-electron chi connectivity index (χ0n) is 7.92. The third kappa shape index (κ3) is 2.79. The number of ether oxygens (including phenoxy) is 1. The van der Waals surface area contributed by atoms with E-state index in [0.717, 1.165) is 0 Å². The Balaban J connectivity index is 3.18. The molecule has 0 saturated carbocycles. The summed E-state index contributed by atoms with van der Waals surface area (Å²) in [6.45, 7) is 1.99. The Hall–Kier alpha value is -0.870. The fourth-order valence-electron chi connectivity index (χ4n) is 1.02. The second-order valence-electron chi connectivity index (χ2n) is 2.69. The van der Waals surface area contributed by atoms with Crippen LogP contribution in [0.4, 0.5) is 0 Å². The highest BCUT2D eigenvalue weighted by molar-refractivity contribution is 9.10. The first-order valence-electron chi connectivity index (χ1n) is 4.21. The van der Waals surface area contributed by atoms with Crippen molar-refractivity contribution in [3.05, 3.63) is 32.8 Å². The Morgan fingerprint density at radius 2 is 2.27 bits per heavy atom. The van der Waals surface area contributed by atoms with Crippen LogP contribution in [0.25, 0.3) is 0 Å². The van der Waals surface area contributed by atoms with Crippen molar-refractivity contribution in [2.75, 3.05) is 6.61 Å². The average molecular weight is 292 g/mol. The molecule has 3 nitrogen and oxygen atoms in total. The van der Waals surface area contributed by atoms with Gasteiger partial charge in [-0.3, -0.25) is 4.79 Å². The number of hydrogen-bond acceptors (Lipinski definition) is 3. The van der Waals surface area contributed by atoms with Crippen LogP contribution in [-0.2, 0) is 4.74 Å². The highest BCUT2D eigenvalue weighted by Crippen LogP contribution is 2.25. The summed E-state index contributed by atoms with van der Waals surface area (Å²) in [7, 11) is 0. The number of halogens is 2. The van der Waals surface area contributed by atoms with E-state index in [4.69, 9.17) is 16.3 Å². The Morgan fingerprint density at radius 1 is 1.60 bits per heavy atom. The van der Waals surface area contributed by atoms with E-state index in [1.807, 2.05) is 0 Å². The molecular formula is C10H8BrClO3. The highest BCUT2D eigenvalue weighted by Gasteiger charge is 2.14. The summed E-state index contributed by atoms with van der Waals surface area (Å²) in [6.07, 6.45) is 0.595. The molecule has 80 valence electrons. The van der Waals surface area contributed by atoms with Gasteiger partial charge in [-0.2, -0.15) is 0 Å². The summed E-state index contributed by atoms with van der Waals surface area (Å²) >= 11 is 8.95. The van der Waals surface area contributed by atoms with Gasteiger partial charge >= 0.3 is 5.97 Å². The van der Waals surface area contributed by atoms with Crippen molar-refractivity contribution in [1.29, 1.82) is 0 Å². The van der Waals surface area contributed by atoms with Gasteiger partial charge in [0.15, 0.2) is 6.29 Å². The maximum absolute atomic E-state index is 11.4. The van der Waals surface area contributed by atoms with Gasteiger partial charge in [0.25, 0.3) is 0 Å². The molecule has 1 rings (SSSR count). The minimum atomic E-state index is -0.482. The first-order chi connectivity index (χ1) is 7.10. The van der Waals surface area contributed by atoms with Crippen LogP contribution >= 0.6 is 27.5 Å². The molecule has 0 aliphatic heterocycles.